The lowest BCUT2D eigenvalue weighted by Crippen LogP contribution is -2.47. The van der Waals surface area contributed by atoms with E-state index in [1.807, 2.05) is 4.90 Å². The first-order valence-electron chi connectivity index (χ1n) is 44.1. The zero-order chi connectivity index (χ0) is 78.1. The summed E-state index contributed by atoms with van der Waals surface area (Å²) in [6, 6.07) is 6.82. The minimum Gasteiger partial charge on any atom is -0.466 e. The molecule has 1 aliphatic heterocycles. The molecule has 0 unspecified atom stereocenters. The van der Waals surface area contributed by atoms with E-state index >= 15 is 0 Å². The SMILES string of the molecule is C=C(C)C(=O)OCCCCCCCCCCCC.C=C(CCCCCCCCCCCCCCCCCC)C(=O)OC.C=CC(=O)OCCCCCCCCCCCC.C=CC(=O)OCCCCCCCCCCCCCCCCCC.CCN(CC)C(=O)[C@@H]1C=C2c3cccc4[nH]cc(c34)C[C@H]2N(C)C1. The Hall–Kier alpha value is -5.23. The molecule has 1 aliphatic carbocycles. The quantitative estimate of drug-likeness (QED) is 0.0294. The summed E-state index contributed by atoms with van der Waals surface area (Å²) in [6.07, 6.45) is 78.2. The van der Waals surface area contributed by atoms with Crippen LogP contribution < -0.4 is 0 Å². The number of nitrogens with zero attached hydrogens (tertiary/aromatic N) is 2. The lowest BCUT2D eigenvalue weighted by atomic mass is 9.79. The van der Waals surface area contributed by atoms with Crippen LogP contribution in [0.4, 0.5) is 0 Å². The number of aromatic amines is 1. The van der Waals surface area contributed by atoms with Crippen LogP contribution in [0.5, 0.6) is 0 Å². The predicted molar refractivity (Wildman–Crippen MR) is 454 cm³/mol. The molecule has 2 heterocycles. The monoisotopic (exact) mass is 1480 g/mol. The Kier molecular flexibility index (Phi) is 70.2. The van der Waals surface area contributed by atoms with Crippen LogP contribution in [0.2, 0.25) is 0 Å². The molecule has 106 heavy (non-hydrogen) atoms. The summed E-state index contributed by atoms with van der Waals surface area (Å²) in [5.41, 5.74) is 6.31. The summed E-state index contributed by atoms with van der Waals surface area (Å²) in [5, 5.41) is 1.34. The van der Waals surface area contributed by atoms with Crippen LogP contribution in [0.15, 0.2) is 80.1 Å². The van der Waals surface area contributed by atoms with Gasteiger partial charge in [-0.25, -0.2) is 19.2 Å². The third kappa shape index (κ3) is 55.2. The molecule has 0 saturated carbocycles. The fraction of sp³-hybridized carbons (Fsp3) is 0.755. The Labute approximate surface area is 652 Å². The van der Waals surface area contributed by atoms with Crippen LogP contribution >= 0.6 is 0 Å². The van der Waals surface area contributed by atoms with Gasteiger partial charge in [0.05, 0.1) is 32.8 Å². The molecular weight excluding hydrogens is 1320 g/mol. The van der Waals surface area contributed by atoms with Gasteiger partial charge in [0.25, 0.3) is 0 Å². The van der Waals surface area contributed by atoms with E-state index in [4.69, 9.17) is 14.2 Å². The van der Waals surface area contributed by atoms with E-state index in [2.05, 4.69) is 120 Å². The standard InChI is InChI=1S/C22H42O2.C21H40O2.C20H25N3O.C16H30O2.C15H28O2/c1-4-5-6-7-8-9-10-11-12-13-14-15-16-17-18-19-20-21(2)22(23)24-3;1-3-5-6-7-8-9-10-11-12-13-14-15-16-17-18-19-20-23-21(22)4-2;1-4-23(5-2)20(24)14-9-16-15-7-6-8-17-19(15)13(11-21-17)10-18(16)22(3)12-14;1-4-5-6-7-8-9-10-11-12-13-14-18-16(17)15(2)3;1-3-5-6-7-8-9-10-11-12-13-14-17-15(16)4-2/h2,4-20H2,1,3H3;4H,2-3,5-20H2,1H3;6-9,11,14,18,21H,4-5,10,12H2,1-3H3;2,4-14H2,1,3H3;4H,2-3,5-14H2,1H3/t;;14-,18-;;/m..1../s1. The number of ether oxygens (including phenoxy) is 4. The molecule has 1 amide bonds. The number of hydrogen-bond donors (Lipinski definition) is 1. The molecule has 0 spiro atoms. The van der Waals surface area contributed by atoms with Gasteiger partial charge in [0.2, 0.25) is 5.91 Å². The molecule has 12 nitrogen and oxygen atoms in total. The number of H-pyrrole nitrogens is 1. The summed E-state index contributed by atoms with van der Waals surface area (Å²) in [4.78, 5) is 64.4. The average molecular weight is 1480 g/mol. The largest absolute Gasteiger partial charge is 0.466 e. The van der Waals surface area contributed by atoms with Crippen molar-refractivity contribution in [2.75, 3.05) is 53.6 Å². The van der Waals surface area contributed by atoms with E-state index in [0.29, 0.717) is 37.0 Å². The maximum absolute atomic E-state index is 12.9. The second-order valence-corrected chi connectivity index (χ2v) is 30.4. The van der Waals surface area contributed by atoms with Gasteiger partial charge in [-0.15, -0.1) is 0 Å². The number of carbonyl (C=O) groups is 5. The van der Waals surface area contributed by atoms with Gasteiger partial charge in [-0.3, -0.25) is 9.69 Å². The van der Waals surface area contributed by atoms with Gasteiger partial charge in [0.1, 0.15) is 0 Å². The van der Waals surface area contributed by atoms with E-state index < -0.39 is 0 Å². The van der Waals surface area contributed by atoms with Gasteiger partial charge in [0.15, 0.2) is 0 Å². The molecule has 1 aromatic heterocycles. The van der Waals surface area contributed by atoms with E-state index in [9.17, 15) is 24.0 Å². The van der Waals surface area contributed by atoms with Crippen molar-refractivity contribution >= 4 is 46.3 Å². The van der Waals surface area contributed by atoms with Crippen LogP contribution in [0.3, 0.4) is 0 Å². The molecule has 0 saturated heterocycles. The first-order valence-corrected chi connectivity index (χ1v) is 44.1. The van der Waals surface area contributed by atoms with Gasteiger partial charge in [-0.1, -0.05) is 380 Å². The number of aromatic nitrogens is 1. The fourth-order valence-corrected chi connectivity index (χ4v) is 14.1. The highest BCUT2D eigenvalue weighted by atomic mass is 16.5. The second kappa shape index (κ2) is 73.9. The summed E-state index contributed by atoms with van der Waals surface area (Å²) in [7, 11) is 3.57. The molecule has 2 aliphatic rings. The summed E-state index contributed by atoms with van der Waals surface area (Å²) in [5.74, 6) is -0.907. The molecule has 610 valence electrons. The zero-order valence-electron chi connectivity index (χ0n) is 70.5. The normalized spacial score (nSPS) is 13.3. The van der Waals surface area contributed by atoms with E-state index in [1.165, 1.54) is 355 Å². The molecule has 12 heteroatoms. The topological polar surface area (TPSA) is 145 Å². The number of methoxy groups -OCH3 is 1. The molecular formula is C94H165N3O9. The average Bonchev–Trinajstić information content (AvgIpc) is 1.47. The number of fused-ring (bicyclic) bond motifs is 2. The molecule has 1 N–H and O–H groups in total. The third-order valence-electron chi connectivity index (χ3n) is 20.9. The van der Waals surface area contributed by atoms with Gasteiger partial charge in [-0.05, 0) is 89.1 Å². The number of esters is 4. The highest BCUT2D eigenvalue weighted by Gasteiger charge is 2.36. The Morgan fingerprint density at radius 3 is 1.12 bits per heavy atom. The second-order valence-electron chi connectivity index (χ2n) is 30.4. The van der Waals surface area contributed by atoms with Gasteiger partial charge < -0.3 is 28.8 Å². The van der Waals surface area contributed by atoms with Crippen LogP contribution in [0.25, 0.3) is 16.5 Å². The first kappa shape index (κ1) is 101. The minimum atomic E-state index is -0.305. The number of nitrogens with one attached hydrogen (secondary N) is 1. The maximum atomic E-state index is 12.9. The number of unbranched alkanes of at least 4 members (excludes halogenated alkanes) is 48. The fourth-order valence-electron chi connectivity index (χ4n) is 14.1. The van der Waals surface area contributed by atoms with Crippen molar-refractivity contribution in [1.82, 2.24) is 14.8 Å². The Bertz CT molecular complexity index is 2530. The first-order chi connectivity index (χ1) is 51.7. The Morgan fingerprint density at radius 2 is 0.802 bits per heavy atom. The predicted octanol–water partition coefficient (Wildman–Crippen LogP) is 26.9. The molecule has 1 aromatic carbocycles. The van der Waals surface area contributed by atoms with Crippen molar-refractivity contribution in [3.05, 3.63) is 91.2 Å². The van der Waals surface area contributed by atoms with Crippen molar-refractivity contribution in [3.63, 3.8) is 0 Å². The minimum absolute atomic E-state index is 0.0445. The Balaban J connectivity index is 0.00000131. The van der Waals surface area contributed by atoms with Crippen molar-refractivity contribution in [3.8, 4) is 0 Å². The van der Waals surface area contributed by atoms with Gasteiger partial charge in [0, 0.05) is 66.1 Å². The zero-order valence-corrected chi connectivity index (χ0v) is 70.5. The Morgan fingerprint density at radius 1 is 0.472 bits per heavy atom. The van der Waals surface area contributed by atoms with Crippen molar-refractivity contribution in [1.29, 1.82) is 0 Å². The highest BCUT2D eigenvalue weighted by molar-refractivity contribution is 5.99. The van der Waals surface area contributed by atoms with Crippen molar-refractivity contribution < 1.29 is 42.9 Å². The van der Waals surface area contributed by atoms with Gasteiger partial charge >= 0.3 is 23.9 Å². The lowest BCUT2D eigenvalue weighted by molar-refractivity contribution is -0.139. The summed E-state index contributed by atoms with van der Waals surface area (Å²) < 4.78 is 19.5. The van der Waals surface area contributed by atoms with E-state index in [1.54, 1.807) is 6.92 Å². The number of benzene rings is 1. The molecule has 0 radical (unpaired) electrons. The summed E-state index contributed by atoms with van der Waals surface area (Å²) >= 11 is 0. The van der Waals surface area contributed by atoms with E-state index in [0.717, 1.165) is 58.2 Å². The van der Waals surface area contributed by atoms with Gasteiger partial charge in [-0.2, -0.15) is 0 Å². The third-order valence-corrected chi connectivity index (χ3v) is 20.9. The summed E-state index contributed by atoms with van der Waals surface area (Å²) in [6.45, 7) is 32.9. The smallest absolute Gasteiger partial charge is 0.333 e. The number of rotatable bonds is 63. The maximum Gasteiger partial charge on any atom is 0.333 e. The van der Waals surface area contributed by atoms with Crippen molar-refractivity contribution in [2.24, 2.45) is 5.92 Å². The number of carbonyl (C=O) groups excluding carboxylic acids is 5. The molecule has 2 aromatic rings. The number of hydrogen-bond acceptors (Lipinski definition) is 10. The molecule has 0 fully saturated rings. The van der Waals surface area contributed by atoms with Crippen LogP contribution in [0, 0.1) is 5.92 Å². The van der Waals surface area contributed by atoms with Crippen LogP contribution in [-0.4, -0.2) is 104 Å². The number of likely N-dealkylation sites (N-methyl/N-ethyl adjacent to an activating group) is 1. The number of amides is 1. The van der Waals surface area contributed by atoms with Crippen LogP contribution in [-0.2, 0) is 49.3 Å². The lowest BCUT2D eigenvalue weighted by Gasteiger charge is -2.40. The van der Waals surface area contributed by atoms with E-state index in [-0.39, 0.29) is 35.7 Å². The molecule has 4 rings (SSSR count). The van der Waals surface area contributed by atoms with Crippen LogP contribution in [0.1, 0.15) is 400 Å². The molecule has 2 atom stereocenters. The molecule has 0 bridgehead atoms. The van der Waals surface area contributed by atoms with Crippen molar-refractivity contribution in [2.45, 2.75) is 401 Å². The highest BCUT2D eigenvalue weighted by Crippen LogP contribution is 2.41.